The van der Waals surface area contributed by atoms with Crippen LogP contribution in [0.25, 0.3) is 0 Å². The van der Waals surface area contributed by atoms with Crippen LogP contribution in [0.3, 0.4) is 0 Å². The van der Waals surface area contributed by atoms with Crippen molar-refractivity contribution in [3.05, 3.63) is 35.4 Å². The minimum atomic E-state index is -4.76. The van der Waals surface area contributed by atoms with Gasteiger partial charge in [-0.15, -0.1) is 0 Å². The second kappa shape index (κ2) is 30.9. The predicted molar refractivity (Wildman–Crippen MR) is 201 cm³/mol. The summed E-state index contributed by atoms with van der Waals surface area (Å²) in [6.07, 6.45) is 9.84. The van der Waals surface area contributed by atoms with Crippen molar-refractivity contribution in [2.75, 3.05) is 13.2 Å². The van der Waals surface area contributed by atoms with Gasteiger partial charge in [-0.25, -0.2) is 9.59 Å². The van der Waals surface area contributed by atoms with Crippen LogP contribution < -0.4 is 0 Å². The average molecular weight is 860 g/mol. The van der Waals surface area contributed by atoms with Crippen molar-refractivity contribution < 1.29 is 56.3 Å². The van der Waals surface area contributed by atoms with Gasteiger partial charge in [0, 0.05) is 0 Å². The van der Waals surface area contributed by atoms with Crippen LogP contribution in [0.1, 0.15) is 146 Å². The first kappa shape index (κ1) is 53.8. The molecule has 1 aromatic carbocycles. The van der Waals surface area contributed by atoms with Crippen molar-refractivity contribution >= 4 is 93.4 Å². The van der Waals surface area contributed by atoms with Gasteiger partial charge in [-0.3, -0.25) is 18.9 Å². The predicted octanol–water partition coefficient (Wildman–Crippen LogP) is 5.87. The van der Waals surface area contributed by atoms with Crippen LogP contribution in [0.5, 0.6) is 0 Å². The minimum absolute atomic E-state index is 0. The summed E-state index contributed by atoms with van der Waals surface area (Å²) in [7, 11) is -4.76. The number of ether oxygens (including phenoxy) is 3. The van der Waals surface area contributed by atoms with Gasteiger partial charge in [0.05, 0.1) is 36.7 Å². The maximum atomic E-state index is 12.2. The molecule has 51 heavy (non-hydrogen) atoms. The Labute approximate surface area is 343 Å². The van der Waals surface area contributed by atoms with Gasteiger partial charge in [0.1, 0.15) is 0 Å². The summed E-state index contributed by atoms with van der Waals surface area (Å²) in [5.41, 5.74) is -0.277. The van der Waals surface area contributed by atoms with Gasteiger partial charge in [0.2, 0.25) is 0 Å². The van der Waals surface area contributed by atoms with Gasteiger partial charge in [-0.2, -0.15) is 8.42 Å². The number of rotatable bonds is 23. The molecule has 15 heteroatoms. The van der Waals surface area contributed by atoms with E-state index in [4.69, 9.17) is 19.3 Å². The van der Waals surface area contributed by atoms with E-state index < -0.39 is 51.6 Å². The zero-order valence-corrected chi connectivity index (χ0v) is 35.7. The Morgan fingerprint density at radius 3 is 1.61 bits per heavy atom. The zero-order chi connectivity index (χ0) is 37.4. The molecule has 0 aliphatic rings. The second-order valence-corrected chi connectivity index (χ2v) is 13.8. The number of hydrogen-bond acceptors (Lipinski definition) is 10. The summed E-state index contributed by atoms with van der Waals surface area (Å²) < 4.78 is 47.6. The molecule has 4 atom stereocenters. The van der Waals surface area contributed by atoms with Gasteiger partial charge in [0.25, 0.3) is 10.1 Å². The van der Waals surface area contributed by atoms with Gasteiger partial charge in [-0.05, 0) is 49.7 Å². The standard InChI is InChI=1S/C20H38O7S.C16H20O5.Na.Sn.3H/c1-5-9-11-16(7-3)14-26-19(21)13-18(28(23,24)25)20(22)27-15-17(8-4)12-10-6-2;1-3-5-8-11(4-2)15(19)21-16(20)13-10-7-6-9-12(13)14(17)18;;;;;/h16-18H,5-15H2,1-4H3,(H,23,24,25);6-7,9-11H,3-5,8H2,1-2H3,(H,17,18);;;;;. The molecule has 0 fully saturated rings. The van der Waals surface area contributed by atoms with E-state index >= 15 is 0 Å². The van der Waals surface area contributed by atoms with E-state index in [1.807, 2.05) is 27.7 Å². The summed E-state index contributed by atoms with van der Waals surface area (Å²) >= 11 is 0. The Balaban J connectivity index is -0.000000899. The third-order valence-electron chi connectivity index (χ3n) is 8.31. The Hall–Kier alpha value is -1.52. The van der Waals surface area contributed by atoms with E-state index in [2.05, 4.69) is 13.8 Å². The maximum absolute atomic E-state index is 12.2. The molecule has 0 aliphatic carbocycles. The Morgan fingerprint density at radius 1 is 0.706 bits per heavy atom. The van der Waals surface area contributed by atoms with E-state index in [1.54, 1.807) is 0 Å². The summed E-state index contributed by atoms with van der Waals surface area (Å²) in [6, 6.07) is 5.68. The second-order valence-electron chi connectivity index (χ2n) is 12.2. The number of carboxylic acids is 1. The number of carboxylic acid groups (broad SMARTS) is 1. The van der Waals surface area contributed by atoms with E-state index in [9.17, 15) is 36.9 Å². The SMILES string of the molecule is CCCCC(CC)C(=O)OC(=O)c1ccccc1C(=O)O.CCCCC(CC)COC(=O)CC(C(=O)OCC(CC)CCCC)S(=O)(=O)O.[NaH].[SnH2]. The normalized spacial score (nSPS) is 13.0. The molecular formula is C36H61NaO12SSn. The molecular weight excluding hydrogens is 798 g/mol. The number of benzene rings is 1. The molecule has 0 bridgehead atoms. The molecule has 0 amide bonds. The summed E-state index contributed by atoms with van der Waals surface area (Å²) in [5, 5.41) is 7.08. The monoisotopic (exact) mass is 860 g/mol. The number of hydrogen-bond donors (Lipinski definition) is 2. The molecule has 2 radical (unpaired) electrons. The fourth-order valence-electron chi connectivity index (χ4n) is 4.84. The molecule has 0 aliphatic heterocycles. The van der Waals surface area contributed by atoms with E-state index in [1.165, 1.54) is 24.3 Å². The molecule has 288 valence electrons. The quantitative estimate of drug-likeness (QED) is 0.0439. The van der Waals surface area contributed by atoms with Crippen LogP contribution in [0.4, 0.5) is 0 Å². The third kappa shape index (κ3) is 23.0. The molecule has 12 nitrogen and oxygen atoms in total. The van der Waals surface area contributed by atoms with Gasteiger partial charge in [-0.1, -0.05) is 105 Å². The van der Waals surface area contributed by atoms with Crippen molar-refractivity contribution in [3.8, 4) is 0 Å². The van der Waals surface area contributed by atoms with E-state index in [0.29, 0.717) is 12.8 Å². The van der Waals surface area contributed by atoms with E-state index in [-0.39, 0.29) is 95.6 Å². The van der Waals surface area contributed by atoms with Crippen LogP contribution in [-0.2, 0) is 38.7 Å². The molecule has 0 spiro atoms. The number of carbonyl (C=O) groups is 5. The Kier molecular flexibility index (Phi) is 32.6. The molecule has 1 aromatic rings. The number of carbonyl (C=O) groups excluding carboxylic acids is 4. The molecule has 0 saturated heterocycles. The molecule has 1 rings (SSSR count). The first-order valence-corrected chi connectivity index (χ1v) is 19.1. The topological polar surface area (TPSA) is 188 Å². The summed E-state index contributed by atoms with van der Waals surface area (Å²) in [5.74, 6) is -4.66. The summed E-state index contributed by atoms with van der Waals surface area (Å²) in [4.78, 5) is 59.2. The molecule has 0 heterocycles. The number of esters is 4. The van der Waals surface area contributed by atoms with Crippen LogP contribution in [0.2, 0.25) is 0 Å². The first-order valence-electron chi connectivity index (χ1n) is 17.6. The number of aromatic carboxylic acids is 1. The van der Waals surface area contributed by atoms with Crippen molar-refractivity contribution in [2.45, 2.75) is 130 Å². The Bertz CT molecular complexity index is 1270. The van der Waals surface area contributed by atoms with E-state index in [0.717, 1.165) is 64.2 Å². The van der Waals surface area contributed by atoms with Crippen LogP contribution in [0.15, 0.2) is 24.3 Å². The van der Waals surface area contributed by atoms with Crippen molar-refractivity contribution in [3.63, 3.8) is 0 Å². The first-order chi connectivity index (χ1) is 23.2. The molecule has 0 saturated carbocycles. The fraction of sp³-hybridized carbons (Fsp3) is 0.694. The van der Waals surface area contributed by atoms with Crippen LogP contribution in [0, 0.1) is 17.8 Å². The zero-order valence-electron chi connectivity index (χ0n) is 30.8. The fourth-order valence-corrected chi connectivity index (χ4v) is 5.49. The molecule has 2 N–H and O–H groups in total. The van der Waals surface area contributed by atoms with Crippen LogP contribution in [-0.4, -0.2) is 120 Å². The van der Waals surface area contributed by atoms with Gasteiger partial charge >= 0.3 is 83.3 Å². The third-order valence-corrected chi connectivity index (χ3v) is 9.38. The summed E-state index contributed by atoms with van der Waals surface area (Å²) in [6.45, 7) is 12.2. The molecule has 4 unspecified atom stereocenters. The van der Waals surface area contributed by atoms with Crippen molar-refractivity contribution in [2.24, 2.45) is 17.8 Å². The average Bonchev–Trinajstić information content (AvgIpc) is 3.07. The van der Waals surface area contributed by atoms with Gasteiger partial charge < -0.3 is 19.3 Å². The van der Waals surface area contributed by atoms with Crippen molar-refractivity contribution in [1.29, 1.82) is 0 Å². The van der Waals surface area contributed by atoms with Crippen molar-refractivity contribution in [1.82, 2.24) is 0 Å². The van der Waals surface area contributed by atoms with Gasteiger partial charge in [0.15, 0.2) is 5.25 Å². The Morgan fingerprint density at radius 2 is 1.18 bits per heavy atom. The molecule has 0 aromatic heterocycles. The number of unbranched alkanes of at least 4 members (excludes halogenated alkanes) is 3. The van der Waals surface area contributed by atoms with Crippen LogP contribution >= 0.6 is 0 Å².